The third-order valence-electron chi connectivity index (χ3n) is 4.20. The van der Waals surface area contributed by atoms with Gasteiger partial charge in [0.2, 0.25) is 5.88 Å². The van der Waals surface area contributed by atoms with Crippen LogP contribution in [0.3, 0.4) is 0 Å². The quantitative estimate of drug-likeness (QED) is 0.868. The molecule has 0 amide bonds. The fourth-order valence-corrected chi connectivity index (χ4v) is 3.23. The summed E-state index contributed by atoms with van der Waals surface area (Å²) in [7, 11) is 0. The van der Waals surface area contributed by atoms with Crippen molar-refractivity contribution in [3.8, 4) is 5.88 Å². The van der Waals surface area contributed by atoms with Gasteiger partial charge in [0.05, 0.1) is 5.69 Å². The standard InChI is InChI=1S/C16H17ClN2O/c1-10-18-14-13(15(20)19-10)4-3-9-16(14,2)11-5-7-12(17)8-6-11/h5-8H,3-4,9H2,1-2H3,(H,18,19,20). The van der Waals surface area contributed by atoms with Gasteiger partial charge in [-0.05, 0) is 50.8 Å². The molecule has 1 unspecified atom stereocenters. The number of aromatic hydroxyl groups is 1. The first kappa shape index (κ1) is 13.4. The van der Waals surface area contributed by atoms with Crippen LogP contribution in [0, 0.1) is 6.92 Å². The Labute approximate surface area is 123 Å². The molecule has 0 aliphatic heterocycles. The second-order valence-corrected chi connectivity index (χ2v) is 6.05. The lowest BCUT2D eigenvalue weighted by Gasteiger charge is -2.35. The lowest BCUT2D eigenvalue weighted by atomic mass is 9.70. The van der Waals surface area contributed by atoms with E-state index in [4.69, 9.17) is 11.6 Å². The SMILES string of the molecule is Cc1nc(O)c2c(n1)C(C)(c1ccc(Cl)cc1)CCC2. The number of fused-ring (bicyclic) bond motifs is 1. The Morgan fingerprint density at radius 1 is 1.20 bits per heavy atom. The molecule has 1 aromatic carbocycles. The molecule has 0 bridgehead atoms. The highest BCUT2D eigenvalue weighted by Gasteiger charge is 2.37. The Morgan fingerprint density at radius 3 is 2.60 bits per heavy atom. The zero-order valence-corrected chi connectivity index (χ0v) is 12.4. The summed E-state index contributed by atoms with van der Waals surface area (Å²) in [5.41, 5.74) is 2.83. The monoisotopic (exact) mass is 288 g/mol. The number of aryl methyl sites for hydroxylation is 1. The van der Waals surface area contributed by atoms with Crippen LogP contribution in [0.1, 0.15) is 42.4 Å². The average molecular weight is 289 g/mol. The molecule has 1 N–H and O–H groups in total. The average Bonchev–Trinajstić information content (AvgIpc) is 2.41. The van der Waals surface area contributed by atoms with Crippen LogP contribution in [0.15, 0.2) is 24.3 Å². The van der Waals surface area contributed by atoms with Crippen molar-refractivity contribution < 1.29 is 5.11 Å². The maximum atomic E-state index is 10.1. The molecule has 20 heavy (non-hydrogen) atoms. The molecule has 2 aromatic rings. The Kier molecular flexibility index (Phi) is 3.17. The maximum absolute atomic E-state index is 10.1. The molecule has 0 saturated heterocycles. The topological polar surface area (TPSA) is 46.0 Å². The molecule has 1 atom stereocenters. The molecule has 1 aliphatic rings. The van der Waals surface area contributed by atoms with E-state index in [0.717, 1.165) is 35.5 Å². The lowest BCUT2D eigenvalue weighted by Crippen LogP contribution is -2.31. The molecule has 0 saturated carbocycles. The van der Waals surface area contributed by atoms with E-state index in [9.17, 15) is 5.11 Å². The van der Waals surface area contributed by atoms with Crippen molar-refractivity contribution in [3.63, 3.8) is 0 Å². The Hall–Kier alpha value is -1.61. The van der Waals surface area contributed by atoms with E-state index in [-0.39, 0.29) is 11.3 Å². The summed E-state index contributed by atoms with van der Waals surface area (Å²) in [6.45, 7) is 4.00. The third-order valence-corrected chi connectivity index (χ3v) is 4.46. The van der Waals surface area contributed by atoms with Gasteiger partial charge in [0.1, 0.15) is 5.82 Å². The molecule has 4 heteroatoms. The van der Waals surface area contributed by atoms with Gasteiger partial charge >= 0.3 is 0 Å². The maximum Gasteiger partial charge on any atom is 0.217 e. The molecule has 3 nitrogen and oxygen atoms in total. The van der Waals surface area contributed by atoms with Gasteiger partial charge in [-0.2, -0.15) is 4.98 Å². The summed E-state index contributed by atoms with van der Waals surface area (Å²) >= 11 is 5.98. The van der Waals surface area contributed by atoms with E-state index < -0.39 is 0 Å². The summed E-state index contributed by atoms with van der Waals surface area (Å²) in [5.74, 6) is 0.746. The molecule has 0 fully saturated rings. The molecule has 104 valence electrons. The number of hydrogen-bond acceptors (Lipinski definition) is 3. The van der Waals surface area contributed by atoms with Crippen LogP contribution in [0.2, 0.25) is 5.02 Å². The predicted molar refractivity (Wildman–Crippen MR) is 79.3 cm³/mol. The largest absolute Gasteiger partial charge is 0.493 e. The molecule has 1 heterocycles. The summed E-state index contributed by atoms with van der Waals surface area (Å²) in [4.78, 5) is 8.71. The van der Waals surface area contributed by atoms with Crippen molar-refractivity contribution in [1.29, 1.82) is 0 Å². The Bertz CT molecular complexity index is 654. The number of hydrogen-bond donors (Lipinski definition) is 1. The first-order valence-electron chi connectivity index (χ1n) is 6.84. The number of nitrogens with zero attached hydrogens (tertiary/aromatic N) is 2. The number of benzene rings is 1. The fourth-order valence-electron chi connectivity index (χ4n) is 3.10. The zero-order valence-electron chi connectivity index (χ0n) is 11.7. The van der Waals surface area contributed by atoms with Crippen molar-refractivity contribution in [2.24, 2.45) is 0 Å². The summed E-state index contributed by atoms with van der Waals surface area (Å²) in [5, 5.41) is 10.8. The van der Waals surface area contributed by atoms with Crippen molar-refractivity contribution in [1.82, 2.24) is 9.97 Å². The number of rotatable bonds is 1. The first-order valence-corrected chi connectivity index (χ1v) is 7.21. The van der Waals surface area contributed by atoms with Crippen molar-refractivity contribution in [2.45, 2.75) is 38.5 Å². The zero-order chi connectivity index (χ0) is 14.3. The number of aromatic nitrogens is 2. The molecular formula is C16H17ClN2O. The van der Waals surface area contributed by atoms with Crippen LogP contribution in [0.4, 0.5) is 0 Å². The van der Waals surface area contributed by atoms with Gasteiger partial charge in [-0.15, -0.1) is 0 Å². The van der Waals surface area contributed by atoms with E-state index >= 15 is 0 Å². The van der Waals surface area contributed by atoms with E-state index in [0.29, 0.717) is 5.82 Å². The molecule has 3 rings (SSSR count). The summed E-state index contributed by atoms with van der Waals surface area (Å²) < 4.78 is 0. The molecule has 0 radical (unpaired) electrons. The molecule has 1 aliphatic carbocycles. The minimum atomic E-state index is -0.191. The van der Waals surface area contributed by atoms with E-state index in [1.165, 1.54) is 5.56 Å². The van der Waals surface area contributed by atoms with Gasteiger partial charge in [0.15, 0.2) is 0 Å². The highest BCUT2D eigenvalue weighted by Crippen LogP contribution is 2.43. The van der Waals surface area contributed by atoms with Gasteiger partial charge in [-0.3, -0.25) is 0 Å². The Morgan fingerprint density at radius 2 is 1.90 bits per heavy atom. The minimum Gasteiger partial charge on any atom is -0.493 e. The molecule has 0 spiro atoms. The smallest absolute Gasteiger partial charge is 0.217 e. The second-order valence-electron chi connectivity index (χ2n) is 5.61. The summed E-state index contributed by atoms with van der Waals surface area (Å²) in [6, 6.07) is 7.91. The van der Waals surface area contributed by atoms with E-state index in [2.05, 4.69) is 16.9 Å². The van der Waals surface area contributed by atoms with Crippen LogP contribution >= 0.6 is 11.6 Å². The van der Waals surface area contributed by atoms with Gasteiger partial charge in [-0.25, -0.2) is 4.98 Å². The normalized spacial score (nSPS) is 21.6. The second kappa shape index (κ2) is 4.74. The lowest BCUT2D eigenvalue weighted by molar-refractivity contribution is 0.401. The predicted octanol–water partition coefficient (Wildman–Crippen LogP) is 3.79. The van der Waals surface area contributed by atoms with E-state index in [1.807, 2.05) is 31.2 Å². The van der Waals surface area contributed by atoms with Crippen molar-refractivity contribution in [2.75, 3.05) is 0 Å². The van der Waals surface area contributed by atoms with Crippen LogP contribution < -0.4 is 0 Å². The minimum absolute atomic E-state index is 0.132. The highest BCUT2D eigenvalue weighted by molar-refractivity contribution is 6.30. The Balaban J connectivity index is 2.19. The fraction of sp³-hybridized carbons (Fsp3) is 0.375. The molecule has 1 aromatic heterocycles. The third kappa shape index (κ3) is 2.06. The molecular weight excluding hydrogens is 272 g/mol. The first-order chi connectivity index (χ1) is 9.50. The van der Waals surface area contributed by atoms with Gasteiger partial charge < -0.3 is 5.11 Å². The van der Waals surface area contributed by atoms with Crippen LogP contribution in [-0.4, -0.2) is 15.1 Å². The van der Waals surface area contributed by atoms with Crippen molar-refractivity contribution >= 4 is 11.6 Å². The number of halogens is 1. The van der Waals surface area contributed by atoms with Gasteiger partial charge in [0.25, 0.3) is 0 Å². The highest BCUT2D eigenvalue weighted by atomic mass is 35.5. The van der Waals surface area contributed by atoms with Crippen LogP contribution in [-0.2, 0) is 11.8 Å². The van der Waals surface area contributed by atoms with E-state index in [1.54, 1.807) is 0 Å². The summed E-state index contributed by atoms with van der Waals surface area (Å²) in [6.07, 6.45) is 2.87. The van der Waals surface area contributed by atoms with Crippen LogP contribution in [0.25, 0.3) is 0 Å². The van der Waals surface area contributed by atoms with Crippen molar-refractivity contribution in [3.05, 3.63) is 51.9 Å². The van der Waals surface area contributed by atoms with Crippen LogP contribution in [0.5, 0.6) is 5.88 Å². The van der Waals surface area contributed by atoms with Gasteiger partial charge in [-0.1, -0.05) is 23.7 Å². The van der Waals surface area contributed by atoms with Gasteiger partial charge in [0, 0.05) is 16.0 Å².